The van der Waals surface area contributed by atoms with E-state index in [1.165, 1.54) is 0 Å². The molecule has 0 aliphatic carbocycles. The molecule has 134 valence electrons. The predicted octanol–water partition coefficient (Wildman–Crippen LogP) is 2.78. The first kappa shape index (κ1) is 17.5. The number of nitrogens with zero attached hydrogens (tertiary/aromatic N) is 3. The molecule has 8 heteroatoms. The Balaban J connectivity index is 1.55. The highest BCUT2D eigenvalue weighted by Crippen LogP contribution is 2.28. The van der Waals surface area contributed by atoms with Gasteiger partial charge in [-0.15, -0.1) is 0 Å². The number of carbonyl (C=O) groups excluding carboxylic acids is 2. The number of anilines is 1. The van der Waals surface area contributed by atoms with E-state index >= 15 is 0 Å². The molecular weight excluding hydrogens is 420 g/mol. The van der Waals surface area contributed by atoms with Crippen molar-refractivity contribution >= 4 is 45.0 Å². The Morgan fingerprint density at radius 3 is 2.85 bits per heavy atom. The monoisotopic (exact) mass is 434 g/mol. The van der Waals surface area contributed by atoms with Crippen LogP contribution in [0.15, 0.2) is 41.0 Å². The Bertz CT molecular complexity index is 874. The third kappa shape index (κ3) is 3.34. The van der Waals surface area contributed by atoms with Crippen molar-refractivity contribution < 1.29 is 9.59 Å². The first-order valence-corrected chi connectivity index (χ1v) is 9.42. The van der Waals surface area contributed by atoms with Gasteiger partial charge in [0.2, 0.25) is 5.91 Å². The van der Waals surface area contributed by atoms with Gasteiger partial charge in [0.05, 0.1) is 22.0 Å². The second-order valence-electron chi connectivity index (χ2n) is 6.40. The molecule has 6 nitrogen and oxygen atoms in total. The van der Waals surface area contributed by atoms with Crippen molar-refractivity contribution in [2.45, 2.75) is 12.6 Å². The molecule has 3 heterocycles. The van der Waals surface area contributed by atoms with Crippen molar-refractivity contribution in [3.05, 3.63) is 57.3 Å². The van der Waals surface area contributed by atoms with Crippen LogP contribution in [-0.2, 0) is 11.3 Å². The van der Waals surface area contributed by atoms with Crippen molar-refractivity contribution in [2.75, 3.05) is 25.0 Å². The van der Waals surface area contributed by atoms with Crippen LogP contribution in [0.1, 0.15) is 16.1 Å². The molecule has 2 aliphatic heterocycles. The van der Waals surface area contributed by atoms with Gasteiger partial charge in [-0.2, -0.15) is 0 Å². The predicted molar refractivity (Wildman–Crippen MR) is 102 cm³/mol. The summed E-state index contributed by atoms with van der Waals surface area (Å²) in [6.45, 7) is 2.26. The molecule has 1 atom stereocenters. The van der Waals surface area contributed by atoms with Crippen LogP contribution in [0.5, 0.6) is 0 Å². The second kappa shape index (κ2) is 6.98. The fraction of sp³-hybridized carbons (Fsp3) is 0.278. The summed E-state index contributed by atoms with van der Waals surface area (Å²) in [6.07, 6.45) is 1.61. The maximum Gasteiger partial charge on any atom is 0.256 e. The molecule has 1 aromatic heterocycles. The summed E-state index contributed by atoms with van der Waals surface area (Å²) in [5, 5.41) is 3.48. The van der Waals surface area contributed by atoms with Crippen molar-refractivity contribution in [3.63, 3.8) is 0 Å². The van der Waals surface area contributed by atoms with Crippen molar-refractivity contribution in [3.8, 4) is 0 Å². The molecule has 0 radical (unpaired) electrons. The van der Waals surface area contributed by atoms with Gasteiger partial charge in [0, 0.05) is 36.8 Å². The van der Waals surface area contributed by atoms with Crippen LogP contribution in [0.4, 0.5) is 5.69 Å². The lowest BCUT2D eigenvalue weighted by molar-refractivity contribution is -0.122. The zero-order valence-corrected chi connectivity index (χ0v) is 16.1. The molecule has 2 aromatic rings. The Morgan fingerprint density at radius 2 is 2.08 bits per heavy atom. The molecule has 1 N–H and O–H groups in total. The van der Waals surface area contributed by atoms with Gasteiger partial charge in [0.25, 0.3) is 5.91 Å². The largest absolute Gasteiger partial charge is 0.324 e. The second-order valence-corrected chi connectivity index (χ2v) is 7.75. The number of halogens is 2. The molecule has 1 fully saturated rings. The molecule has 2 aliphatic rings. The van der Waals surface area contributed by atoms with Crippen LogP contribution in [0.2, 0.25) is 5.02 Å². The van der Waals surface area contributed by atoms with E-state index in [1.54, 1.807) is 29.3 Å². The molecule has 2 amide bonds. The lowest BCUT2D eigenvalue weighted by Crippen LogP contribution is -2.58. The fourth-order valence-corrected chi connectivity index (χ4v) is 3.83. The minimum atomic E-state index is -0.519. The third-order valence-corrected chi connectivity index (χ3v) is 5.39. The molecule has 4 rings (SSSR count). The van der Waals surface area contributed by atoms with E-state index in [-0.39, 0.29) is 11.8 Å². The van der Waals surface area contributed by atoms with Crippen molar-refractivity contribution in [1.82, 2.24) is 14.8 Å². The fourth-order valence-electron chi connectivity index (χ4n) is 3.35. The van der Waals surface area contributed by atoms with Gasteiger partial charge in [0.1, 0.15) is 6.04 Å². The summed E-state index contributed by atoms with van der Waals surface area (Å²) in [4.78, 5) is 33.8. The molecule has 26 heavy (non-hydrogen) atoms. The number of rotatable bonds is 2. The summed E-state index contributed by atoms with van der Waals surface area (Å²) in [5.41, 5.74) is 1.96. The summed E-state index contributed by atoms with van der Waals surface area (Å²) >= 11 is 9.27. The standard InChI is InChI=1S/C18H16BrClN4O2/c19-11-1-4-15-14(7-11)18(26)24-6-5-23(10-16(24)17(25)22-15)9-13-3-2-12(20)8-21-13/h1-4,7-8,16H,5-6,9-10H2,(H,22,25). The molecule has 1 unspecified atom stereocenters. The average molecular weight is 436 g/mol. The van der Waals surface area contributed by atoms with Crippen LogP contribution in [0, 0.1) is 0 Å². The minimum Gasteiger partial charge on any atom is -0.324 e. The zero-order valence-electron chi connectivity index (χ0n) is 13.8. The molecule has 0 bridgehead atoms. The first-order chi connectivity index (χ1) is 12.5. The summed E-state index contributed by atoms with van der Waals surface area (Å²) in [5.74, 6) is -0.276. The number of piperazine rings is 1. The zero-order chi connectivity index (χ0) is 18.3. The Hall–Kier alpha value is -1.96. The highest BCUT2D eigenvalue weighted by molar-refractivity contribution is 9.10. The van der Waals surface area contributed by atoms with E-state index in [4.69, 9.17) is 11.6 Å². The number of hydrogen-bond donors (Lipinski definition) is 1. The van der Waals surface area contributed by atoms with E-state index in [0.717, 1.165) is 10.2 Å². The van der Waals surface area contributed by atoms with Gasteiger partial charge in [0.15, 0.2) is 0 Å². The average Bonchev–Trinajstić information content (AvgIpc) is 2.73. The maximum atomic E-state index is 12.9. The Labute approximate surface area is 164 Å². The van der Waals surface area contributed by atoms with Crippen LogP contribution < -0.4 is 5.32 Å². The van der Waals surface area contributed by atoms with E-state index in [9.17, 15) is 9.59 Å². The van der Waals surface area contributed by atoms with Crippen LogP contribution in [-0.4, -0.2) is 52.3 Å². The highest BCUT2D eigenvalue weighted by atomic mass is 79.9. The van der Waals surface area contributed by atoms with Gasteiger partial charge < -0.3 is 10.2 Å². The Kier molecular flexibility index (Phi) is 4.69. The number of benzene rings is 1. The van der Waals surface area contributed by atoms with E-state index in [0.29, 0.717) is 42.5 Å². The summed E-state index contributed by atoms with van der Waals surface area (Å²) in [6, 6.07) is 8.48. The van der Waals surface area contributed by atoms with E-state index < -0.39 is 6.04 Å². The SMILES string of the molecule is O=C1Nc2ccc(Br)cc2C(=O)N2CCN(Cc3ccc(Cl)cn3)CC12. The molecular formula is C18H16BrClN4O2. The lowest BCUT2D eigenvalue weighted by atomic mass is 10.1. The normalized spacial score (nSPS) is 20.2. The number of pyridine rings is 1. The van der Waals surface area contributed by atoms with E-state index in [1.807, 2.05) is 12.1 Å². The molecule has 0 saturated carbocycles. The quantitative estimate of drug-likeness (QED) is 0.788. The first-order valence-electron chi connectivity index (χ1n) is 8.25. The highest BCUT2D eigenvalue weighted by Gasteiger charge is 2.39. The van der Waals surface area contributed by atoms with Crippen LogP contribution in [0.25, 0.3) is 0 Å². The van der Waals surface area contributed by atoms with Gasteiger partial charge >= 0.3 is 0 Å². The van der Waals surface area contributed by atoms with Crippen molar-refractivity contribution in [2.24, 2.45) is 0 Å². The van der Waals surface area contributed by atoms with Gasteiger partial charge in [-0.3, -0.25) is 19.5 Å². The lowest BCUT2D eigenvalue weighted by Gasteiger charge is -2.39. The number of amides is 2. The summed E-state index contributed by atoms with van der Waals surface area (Å²) < 4.78 is 0.810. The third-order valence-electron chi connectivity index (χ3n) is 4.67. The van der Waals surface area contributed by atoms with Gasteiger partial charge in [-0.1, -0.05) is 27.5 Å². The topological polar surface area (TPSA) is 65.5 Å². The molecule has 1 aromatic carbocycles. The number of hydrogen-bond acceptors (Lipinski definition) is 4. The van der Waals surface area contributed by atoms with Crippen LogP contribution in [0.3, 0.4) is 0 Å². The smallest absolute Gasteiger partial charge is 0.256 e. The summed E-state index contributed by atoms with van der Waals surface area (Å²) in [7, 11) is 0. The van der Waals surface area contributed by atoms with Crippen LogP contribution >= 0.6 is 27.5 Å². The molecule has 1 saturated heterocycles. The Morgan fingerprint density at radius 1 is 1.23 bits per heavy atom. The number of carbonyl (C=O) groups is 2. The van der Waals surface area contributed by atoms with Gasteiger partial charge in [-0.05, 0) is 30.3 Å². The number of fused-ring (bicyclic) bond motifs is 2. The van der Waals surface area contributed by atoms with E-state index in [2.05, 4.69) is 31.1 Å². The minimum absolute atomic E-state index is 0.117. The number of aromatic nitrogens is 1. The van der Waals surface area contributed by atoms with Gasteiger partial charge in [-0.25, -0.2) is 0 Å². The number of nitrogens with one attached hydrogen (secondary N) is 1. The maximum absolute atomic E-state index is 12.9. The molecule has 0 spiro atoms. The van der Waals surface area contributed by atoms with Crippen molar-refractivity contribution in [1.29, 1.82) is 0 Å².